The fraction of sp³-hybridized carbons (Fsp3) is 0.412. The van der Waals surface area contributed by atoms with Gasteiger partial charge in [-0.3, -0.25) is 0 Å². The SMILES string of the molecule is COc1cc(NC=C2C(=O)OC(C)(C)OC2=O)c(C2CC2)cc1Cl. The van der Waals surface area contributed by atoms with Crippen molar-refractivity contribution in [3.05, 3.63) is 34.5 Å². The highest BCUT2D eigenvalue weighted by atomic mass is 35.5. The van der Waals surface area contributed by atoms with E-state index in [9.17, 15) is 9.59 Å². The zero-order chi connectivity index (χ0) is 17.5. The van der Waals surface area contributed by atoms with E-state index in [1.165, 1.54) is 27.2 Å². The van der Waals surface area contributed by atoms with E-state index in [-0.39, 0.29) is 5.57 Å². The molecule has 1 saturated carbocycles. The number of halogens is 1. The molecule has 2 aliphatic rings. The average molecular weight is 352 g/mol. The third kappa shape index (κ3) is 3.33. The summed E-state index contributed by atoms with van der Waals surface area (Å²) in [6.07, 6.45) is 3.45. The van der Waals surface area contributed by atoms with Crippen LogP contribution in [0.5, 0.6) is 5.75 Å². The highest BCUT2D eigenvalue weighted by Gasteiger charge is 2.39. The van der Waals surface area contributed by atoms with Crippen molar-refractivity contribution in [3.63, 3.8) is 0 Å². The fourth-order valence-corrected chi connectivity index (χ4v) is 2.76. The molecule has 1 aromatic carbocycles. The zero-order valence-electron chi connectivity index (χ0n) is 13.6. The Hall–Kier alpha value is -2.21. The minimum Gasteiger partial charge on any atom is -0.495 e. The molecule has 0 aromatic heterocycles. The van der Waals surface area contributed by atoms with E-state index in [0.717, 1.165) is 24.1 Å². The number of cyclic esters (lactones) is 2. The number of nitrogens with one attached hydrogen (secondary N) is 1. The molecule has 6 nitrogen and oxygen atoms in total. The third-order valence-electron chi connectivity index (χ3n) is 3.83. The summed E-state index contributed by atoms with van der Waals surface area (Å²) in [5.74, 6) is -1.78. The summed E-state index contributed by atoms with van der Waals surface area (Å²) in [4.78, 5) is 23.9. The molecule has 0 spiro atoms. The van der Waals surface area contributed by atoms with E-state index in [2.05, 4.69) is 5.32 Å². The minimum absolute atomic E-state index is 0.190. The van der Waals surface area contributed by atoms with Crippen LogP contribution >= 0.6 is 11.6 Å². The summed E-state index contributed by atoms with van der Waals surface area (Å²) in [7, 11) is 1.53. The Kier molecular flexibility index (Phi) is 4.17. The molecule has 2 fully saturated rings. The molecule has 0 amide bonds. The highest BCUT2D eigenvalue weighted by Crippen LogP contribution is 2.46. The van der Waals surface area contributed by atoms with Gasteiger partial charge in [0.2, 0.25) is 0 Å². The molecule has 7 heteroatoms. The highest BCUT2D eigenvalue weighted by molar-refractivity contribution is 6.32. The van der Waals surface area contributed by atoms with Crippen molar-refractivity contribution in [2.75, 3.05) is 12.4 Å². The van der Waals surface area contributed by atoms with E-state index in [1.54, 1.807) is 6.07 Å². The lowest BCUT2D eigenvalue weighted by atomic mass is 10.1. The molecule has 0 atom stereocenters. The van der Waals surface area contributed by atoms with E-state index >= 15 is 0 Å². The van der Waals surface area contributed by atoms with Crippen LogP contribution in [0.25, 0.3) is 0 Å². The van der Waals surface area contributed by atoms with E-state index in [4.69, 9.17) is 25.8 Å². The lowest BCUT2D eigenvalue weighted by Gasteiger charge is -2.29. The van der Waals surface area contributed by atoms with Gasteiger partial charge in [0.05, 0.1) is 12.1 Å². The van der Waals surface area contributed by atoms with Crippen LogP contribution in [0.3, 0.4) is 0 Å². The molecule has 3 rings (SSSR count). The second kappa shape index (κ2) is 6.02. The summed E-state index contributed by atoms with van der Waals surface area (Å²) < 4.78 is 15.4. The predicted octanol–water partition coefficient (Wildman–Crippen LogP) is 3.36. The molecule has 1 heterocycles. The van der Waals surface area contributed by atoms with E-state index < -0.39 is 17.7 Å². The average Bonchev–Trinajstić information content (AvgIpc) is 3.30. The molecule has 1 saturated heterocycles. The fourth-order valence-electron chi connectivity index (χ4n) is 2.51. The van der Waals surface area contributed by atoms with Crippen molar-refractivity contribution in [1.82, 2.24) is 0 Å². The first-order chi connectivity index (χ1) is 11.3. The van der Waals surface area contributed by atoms with Crippen LogP contribution in [-0.2, 0) is 19.1 Å². The zero-order valence-corrected chi connectivity index (χ0v) is 14.4. The standard InChI is InChI=1S/C17H18ClNO5/c1-17(2)23-15(20)11(16(21)24-17)8-19-13-7-14(22-3)12(18)6-10(13)9-4-5-9/h6-9,19H,4-5H2,1-3H3. The second-order valence-corrected chi connectivity index (χ2v) is 6.64. The van der Waals surface area contributed by atoms with Crippen molar-refractivity contribution in [3.8, 4) is 5.75 Å². The molecule has 0 radical (unpaired) electrons. The molecule has 0 bridgehead atoms. The maximum absolute atomic E-state index is 12.0. The summed E-state index contributed by atoms with van der Waals surface area (Å²) >= 11 is 6.18. The van der Waals surface area contributed by atoms with Crippen molar-refractivity contribution in [1.29, 1.82) is 0 Å². The number of hydrogen-bond acceptors (Lipinski definition) is 6. The van der Waals surface area contributed by atoms with Crippen LogP contribution in [0.1, 0.15) is 38.2 Å². The lowest BCUT2D eigenvalue weighted by molar-refractivity contribution is -0.222. The normalized spacial score (nSPS) is 19.4. The van der Waals surface area contributed by atoms with Crippen LogP contribution in [0.2, 0.25) is 5.02 Å². The Balaban J connectivity index is 1.88. The molecule has 24 heavy (non-hydrogen) atoms. The van der Waals surface area contributed by atoms with Crippen LogP contribution in [0.4, 0.5) is 5.69 Å². The summed E-state index contributed by atoms with van der Waals surface area (Å²) in [5, 5.41) is 3.52. The Labute approximate surface area is 144 Å². The second-order valence-electron chi connectivity index (χ2n) is 6.23. The van der Waals surface area contributed by atoms with Gasteiger partial charge in [0.25, 0.3) is 5.79 Å². The number of esters is 2. The molecule has 1 N–H and O–H groups in total. The summed E-state index contributed by atoms with van der Waals surface area (Å²) in [6.45, 7) is 3.00. The smallest absolute Gasteiger partial charge is 0.350 e. The first-order valence-electron chi connectivity index (χ1n) is 7.61. The third-order valence-corrected chi connectivity index (χ3v) is 4.13. The molecule has 1 aliphatic carbocycles. The van der Waals surface area contributed by atoms with Gasteiger partial charge < -0.3 is 19.5 Å². The van der Waals surface area contributed by atoms with Crippen molar-refractivity contribution < 1.29 is 23.8 Å². The predicted molar refractivity (Wildman–Crippen MR) is 87.9 cm³/mol. The number of anilines is 1. The van der Waals surface area contributed by atoms with Gasteiger partial charge in [-0.25, -0.2) is 9.59 Å². The molecule has 128 valence electrons. The topological polar surface area (TPSA) is 73.9 Å². The maximum atomic E-state index is 12.0. The first kappa shape index (κ1) is 16.6. The molecule has 1 aromatic rings. The number of methoxy groups -OCH3 is 1. The molecule has 0 unspecified atom stereocenters. The number of carbonyl (C=O) groups excluding carboxylic acids is 2. The number of carbonyl (C=O) groups is 2. The minimum atomic E-state index is -1.26. The Morgan fingerprint density at radius 1 is 1.25 bits per heavy atom. The number of ether oxygens (including phenoxy) is 3. The number of benzene rings is 1. The summed E-state index contributed by atoms with van der Waals surface area (Å²) in [5.41, 5.74) is 1.57. The van der Waals surface area contributed by atoms with Crippen LogP contribution < -0.4 is 10.1 Å². The molecular weight excluding hydrogens is 334 g/mol. The van der Waals surface area contributed by atoms with Crippen LogP contribution in [0.15, 0.2) is 23.9 Å². The quantitative estimate of drug-likeness (QED) is 0.509. The summed E-state index contributed by atoms with van der Waals surface area (Å²) in [6, 6.07) is 3.59. The van der Waals surface area contributed by atoms with Gasteiger partial charge in [-0.2, -0.15) is 0 Å². The molecular formula is C17H18ClNO5. The van der Waals surface area contributed by atoms with Gasteiger partial charge in [0.15, 0.2) is 5.57 Å². The van der Waals surface area contributed by atoms with Crippen LogP contribution in [-0.4, -0.2) is 24.8 Å². The largest absolute Gasteiger partial charge is 0.495 e. The van der Waals surface area contributed by atoms with Gasteiger partial charge in [-0.15, -0.1) is 0 Å². The number of rotatable bonds is 4. The van der Waals surface area contributed by atoms with Crippen LogP contribution in [0, 0.1) is 0 Å². The van der Waals surface area contributed by atoms with Gasteiger partial charge in [0, 0.05) is 31.8 Å². The lowest BCUT2D eigenvalue weighted by Crippen LogP contribution is -2.42. The van der Waals surface area contributed by atoms with E-state index in [1.807, 2.05) is 6.07 Å². The van der Waals surface area contributed by atoms with Crippen molar-refractivity contribution in [2.24, 2.45) is 0 Å². The van der Waals surface area contributed by atoms with Gasteiger partial charge in [0.1, 0.15) is 5.75 Å². The van der Waals surface area contributed by atoms with Gasteiger partial charge in [-0.1, -0.05) is 11.6 Å². The van der Waals surface area contributed by atoms with Crippen molar-refractivity contribution in [2.45, 2.75) is 38.4 Å². The Bertz CT molecular complexity index is 715. The Morgan fingerprint density at radius 3 is 2.42 bits per heavy atom. The van der Waals surface area contributed by atoms with Crippen molar-refractivity contribution >= 4 is 29.2 Å². The van der Waals surface area contributed by atoms with E-state index in [0.29, 0.717) is 16.7 Å². The van der Waals surface area contributed by atoms with Gasteiger partial charge >= 0.3 is 11.9 Å². The Morgan fingerprint density at radius 2 is 1.88 bits per heavy atom. The monoisotopic (exact) mass is 351 g/mol. The first-order valence-corrected chi connectivity index (χ1v) is 7.99. The molecule has 1 aliphatic heterocycles. The van der Waals surface area contributed by atoms with Gasteiger partial charge in [-0.05, 0) is 30.4 Å². The number of hydrogen-bond donors (Lipinski definition) is 1. The maximum Gasteiger partial charge on any atom is 0.350 e.